The lowest BCUT2D eigenvalue weighted by Crippen LogP contribution is -2.74. The van der Waals surface area contributed by atoms with Gasteiger partial charge in [-0.05, 0) is 71.4 Å². The number of hydrogen-bond acceptors (Lipinski definition) is 0. The molecule has 0 bridgehead atoms. The third-order valence-corrected chi connectivity index (χ3v) is 16.7. The molecular weight excluding hydrogens is 691 g/mol. The Balaban J connectivity index is 1.35. The van der Waals surface area contributed by atoms with Crippen LogP contribution in [0.15, 0.2) is 224 Å². The topological polar surface area (TPSA) is 4.93 Å². The van der Waals surface area contributed by atoms with Gasteiger partial charge >= 0.3 is 0 Å². The van der Waals surface area contributed by atoms with E-state index in [1.807, 2.05) is 0 Å². The molecule has 0 amide bonds. The Kier molecular flexibility index (Phi) is 7.58. The molecule has 10 aromatic carbocycles. The zero-order chi connectivity index (χ0) is 37.1. The molecule has 0 saturated carbocycles. The summed E-state index contributed by atoms with van der Waals surface area (Å²) >= 11 is 0. The number of para-hydroxylation sites is 1. The number of fused-ring (bicyclic) bond motifs is 10. The van der Waals surface area contributed by atoms with E-state index >= 15 is 0 Å². The smallest absolute Gasteiger partial charge is 0.179 e. The Morgan fingerprint density at radius 1 is 0.286 bits per heavy atom. The molecule has 0 radical (unpaired) electrons. The number of aromatic nitrogens is 1. The van der Waals surface area contributed by atoms with Crippen molar-refractivity contribution in [3.63, 3.8) is 0 Å². The van der Waals surface area contributed by atoms with Crippen LogP contribution in [0.3, 0.4) is 0 Å². The van der Waals surface area contributed by atoms with Gasteiger partial charge in [0.05, 0.1) is 16.7 Å². The predicted octanol–water partition coefficient (Wildman–Crippen LogP) is 11.3. The number of hydrogen-bond donors (Lipinski definition) is 0. The fourth-order valence-corrected chi connectivity index (χ4v) is 14.4. The van der Waals surface area contributed by atoms with Crippen molar-refractivity contribution in [1.29, 1.82) is 0 Å². The van der Waals surface area contributed by atoms with Gasteiger partial charge in [-0.1, -0.05) is 206 Å². The van der Waals surface area contributed by atoms with Crippen molar-refractivity contribution in [3.8, 4) is 16.8 Å². The summed E-state index contributed by atoms with van der Waals surface area (Å²) < 4.78 is 2.56. The Hall–Kier alpha value is -7.00. The molecule has 0 atom stereocenters. The summed E-state index contributed by atoms with van der Waals surface area (Å²) in [6.07, 6.45) is 0. The van der Waals surface area contributed by atoms with Crippen molar-refractivity contribution in [2.75, 3.05) is 0 Å². The first-order valence-corrected chi connectivity index (χ1v) is 21.4. The van der Waals surface area contributed by atoms with Crippen molar-refractivity contribution < 1.29 is 0 Å². The largest absolute Gasteiger partial charge is 0.309 e. The van der Waals surface area contributed by atoms with Gasteiger partial charge < -0.3 is 4.57 Å². The highest BCUT2D eigenvalue weighted by Crippen LogP contribution is 2.44. The summed E-state index contributed by atoms with van der Waals surface area (Å²) in [6.45, 7) is 0. The second-order valence-electron chi connectivity index (χ2n) is 14.8. The maximum absolute atomic E-state index is 2.81. The quantitative estimate of drug-likeness (QED) is 0.0913. The van der Waals surface area contributed by atoms with Crippen LogP contribution in [-0.2, 0) is 0 Å². The first kappa shape index (κ1) is 32.4. The molecule has 1 nitrogen and oxygen atoms in total. The van der Waals surface area contributed by atoms with Gasteiger partial charge in [-0.2, -0.15) is 0 Å². The van der Waals surface area contributed by atoms with E-state index in [2.05, 4.69) is 229 Å². The molecular formula is C54H37NSi. The van der Waals surface area contributed by atoms with Crippen LogP contribution in [0.4, 0.5) is 0 Å². The fourth-order valence-electron chi connectivity index (χ4n) is 9.59. The Morgan fingerprint density at radius 2 is 0.732 bits per heavy atom. The van der Waals surface area contributed by atoms with Gasteiger partial charge in [0.15, 0.2) is 8.07 Å². The number of rotatable bonds is 6. The maximum Gasteiger partial charge on any atom is 0.179 e. The average molecular weight is 728 g/mol. The number of nitrogens with zero attached hydrogens (tertiary/aromatic N) is 1. The summed E-state index contributed by atoms with van der Waals surface area (Å²) in [4.78, 5) is 0. The van der Waals surface area contributed by atoms with Crippen LogP contribution < -0.4 is 20.7 Å². The summed E-state index contributed by atoms with van der Waals surface area (Å²) in [5, 5.41) is 15.8. The highest BCUT2D eigenvalue weighted by atomic mass is 28.3. The lowest BCUT2D eigenvalue weighted by atomic mass is 9.92. The molecule has 1 aromatic heterocycles. The summed E-state index contributed by atoms with van der Waals surface area (Å²) in [5.41, 5.74) is 6.00. The lowest BCUT2D eigenvalue weighted by Gasteiger charge is -2.34. The van der Waals surface area contributed by atoms with Crippen LogP contribution in [0.1, 0.15) is 0 Å². The maximum atomic E-state index is 2.56. The minimum atomic E-state index is -2.81. The summed E-state index contributed by atoms with van der Waals surface area (Å²) in [6, 6.07) is 83.5. The zero-order valence-electron chi connectivity index (χ0n) is 30.8. The molecule has 11 aromatic rings. The van der Waals surface area contributed by atoms with Crippen LogP contribution in [0.25, 0.3) is 70.9 Å². The molecule has 0 unspecified atom stereocenters. The molecule has 0 saturated heterocycles. The normalized spacial score (nSPS) is 11.9. The van der Waals surface area contributed by atoms with Gasteiger partial charge in [-0.15, -0.1) is 0 Å². The van der Waals surface area contributed by atoms with E-state index < -0.39 is 8.07 Å². The van der Waals surface area contributed by atoms with Crippen molar-refractivity contribution in [2.24, 2.45) is 0 Å². The highest BCUT2D eigenvalue weighted by molar-refractivity contribution is 7.20. The Labute approximate surface area is 327 Å². The van der Waals surface area contributed by atoms with E-state index in [0.717, 1.165) is 0 Å². The summed E-state index contributed by atoms with van der Waals surface area (Å²) in [5.74, 6) is 0. The minimum absolute atomic E-state index is 1.17. The van der Waals surface area contributed by atoms with Crippen molar-refractivity contribution in [2.45, 2.75) is 0 Å². The van der Waals surface area contributed by atoms with Crippen LogP contribution in [0, 0.1) is 0 Å². The van der Waals surface area contributed by atoms with E-state index in [-0.39, 0.29) is 0 Å². The van der Waals surface area contributed by atoms with Crippen molar-refractivity contribution in [1.82, 2.24) is 4.57 Å². The minimum Gasteiger partial charge on any atom is -0.309 e. The van der Waals surface area contributed by atoms with Gasteiger partial charge in [0.25, 0.3) is 0 Å². The van der Waals surface area contributed by atoms with Gasteiger partial charge in [-0.25, -0.2) is 0 Å². The molecule has 0 spiro atoms. The lowest BCUT2D eigenvalue weighted by molar-refractivity contribution is 1.18. The molecule has 0 aliphatic heterocycles. The van der Waals surface area contributed by atoms with E-state index in [1.165, 1.54) is 91.7 Å². The van der Waals surface area contributed by atoms with Crippen molar-refractivity contribution in [3.05, 3.63) is 224 Å². The van der Waals surface area contributed by atoms with Crippen molar-refractivity contribution >= 4 is 82.9 Å². The molecule has 0 aliphatic rings. The van der Waals surface area contributed by atoms with Crippen LogP contribution in [0.5, 0.6) is 0 Å². The molecule has 0 fully saturated rings. The molecule has 11 rings (SSSR count). The second-order valence-corrected chi connectivity index (χ2v) is 18.6. The first-order chi connectivity index (χ1) is 27.8. The Bertz CT molecular complexity index is 3090. The summed E-state index contributed by atoms with van der Waals surface area (Å²) in [7, 11) is -2.81. The third-order valence-electron chi connectivity index (χ3n) is 11.9. The monoisotopic (exact) mass is 727 g/mol. The molecule has 2 heteroatoms. The predicted molar refractivity (Wildman–Crippen MR) is 242 cm³/mol. The van der Waals surface area contributed by atoms with Crippen LogP contribution >= 0.6 is 0 Å². The van der Waals surface area contributed by atoms with E-state index in [0.29, 0.717) is 0 Å². The zero-order valence-corrected chi connectivity index (χ0v) is 31.8. The average Bonchev–Trinajstić information content (AvgIpc) is 3.62. The second kappa shape index (κ2) is 13.1. The van der Waals surface area contributed by atoms with Crippen LogP contribution in [0.2, 0.25) is 0 Å². The first-order valence-electron chi connectivity index (χ1n) is 19.4. The van der Waals surface area contributed by atoms with Gasteiger partial charge in [0, 0.05) is 21.7 Å². The van der Waals surface area contributed by atoms with E-state index in [1.54, 1.807) is 0 Å². The molecule has 56 heavy (non-hydrogen) atoms. The van der Waals surface area contributed by atoms with E-state index in [9.17, 15) is 0 Å². The van der Waals surface area contributed by atoms with Gasteiger partial charge in [-0.3, -0.25) is 0 Å². The van der Waals surface area contributed by atoms with Gasteiger partial charge in [0.1, 0.15) is 0 Å². The molecule has 1 heterocycles. The molecule has 0 aliphatic carbocycles. The van der Waals surface area contributed by atoms with Gasteiger partial charge in [0.2, 0.25) is 0 Å². The van der Waals surface area contributed by atoms with Crippen LogP contribution in [-0.4, -0.2) is 12.6 Å². The number of benzene rings is 10. The Morgan fingerprint density at radius 3 is 1.32 bits per heavy atom. The highest BCUT2D eigenvalue weighted by Gasteiger charge is 2.41. The SMILES string of the molecule is c1ccc(-c2ccccc2-n2c3cc([Si](c4ccccc4)(c4ccccc4)c4ccccc4)ccc3c3c4c5ccccc5c5ccccc5c4ccc32)cc1. The standard InChI is InChI=1S/C54H37NSi/c1-5-19-38(20-6-1)43-27-17-18-32-50(43)55-51-36-35-48-46-30-14-13-28-44(46)45-29-15-16-31-47(45)53(48)54(51)49-34-33-42(37-52(49)55)56(39-21-7-2-8-22-39,40-23-9-3-10-24-40)41-25-11-4-12-26-41/h1-37H. The molecule has 262 valence electrons. The fraction of sp³-hybridized carbons (Fsp3) is 0. The molecule has 0 N–H and O–H groups in total. The van der Waals surface area contributed by atoms with E-state index in [4.69, 9.17) is 0 Å². The third kappa shape index (κ3) is 4.80.